The van der Waals surface area contributed by atoms with E-state index >= 15 is 0 Å². The van der Waals surface area contributed by atoms with Crippen LogP contribution in [0.3, 0.4) is 0 Å². The van der Waals surface area contributed by atoms with E-state index in [1.54, 1.807) is 0 Å². The number of pyridine rings is 1. The normalized spacial score (nSPS) is 19.1. The maximum absolute atomic E-state index is 4.92. The Hall–Kier alpha value is -1.26. The van der Waals surface area contributed by atoms with Gasteiger partial charge in [-0.05, 0) is 56.2 Å². The molecule has 2 aliphatic carbocycles. The summed E-state index contributed by atoms with van der Waals surface area (Å²) < 4.78 is 0. The molecule has 2 aromatic heterocycles. The van der Waals surface area contributed by atoms with Gasteiger partial charge in [-0.3, -0.25) is 4.98 Å². The lowest BCUT2D eigenvalue weighted by Crippen LogP contribution is -2.25. The van der Waals surface area contributed by atoms with Gasteiger partial charge in [-0.25, -0.2) is 4.98 Å². The summed E-state index contributed by atoms with van der Waals surface area (Å²) in [7, 11) is 0. The molecule has 2 heterocycles. The number of hydrogen-bond acceptors (Lipinski definition) is 4. The number of aromatic nitrogens is 2. The molecule has 20 heavy (non-hydrogen) atoms. The highest BCUT2D eigenvalue weighted by Gasteiger charge is 2.30. The second kappa shape index (κ2) is 4.93. The second-order valence-electron chi connectivity index (χ2n) is 5.88. The zero-order valence-electron chi connectivity index (χ0n) is 11.7. The first-order valence-electron chi connectivity index (χ1n) is 7.46. The lowest BCUT2D eigenvalue weighted by Gasteiger charge is -2.18. The largest absolute Gasteiger partial charge is 0.301 e. The van der Waals surface area contributed by atoms with Gasteiger partial charge in [0.2, 0.25) is 0 Å². The quantitative estimate of drug-likeness (QED) is 0.937. The van der Waals surface area contributed by atoms with Gasteiger partial charge in [0, 0.05) is 23.3 Å². The molecule has 104 valence electrons. The molecule has 0 spiro atoms. The summed E-state index contributed by atoms with van der Waals surface area (Å²) in [6.45, 7) is 2.17. The number of nitrogens with one attached hydrogen (secondary N) is 1. The van der Waals surface area contributed by atoms with Gasteiger partial charge in [-0.1, -0.05) is 0 Å². The zero-order valence-corrected chi connectivity index (χ0v) is 12.5. The smallest absolute Gasteiger partial charge is 0.115 e. The van der Waals surface area contributed by atoms with Crippen molar-refractivity contribution in [1.82, 2.24) is 15.3 Å². The van der Waals surface area contributed by atoms with Gasteiger partial charge in [0.05, 0.1) is 11.7 Å². The van der Waals surface area contributed by atoms with Gasteiger partial charge in [-0.2, -0.15) is 0 Å². The lowest BCUT2D eigenvalue weighted by molar-refractivity contribution is 0.592. The maximum Gasteiger partial charge on any atom is 0.115 e. The SMILES string of the molecule is Cc1ccncc1C(NC1CC1)c1nc2c(s1)CCC2. The van der Waals surface area contributed by atoms with Crippen molar-refractivity contribution < 1.29 is 0 Å². The minimum atomic E-state index is 0.229. The third-order valence-electron chi connectivity index (χ3n) is 4.23. The van der Waals surface area contributed by atoms with Crippen LogP contribution < -0.4 is 5.32 Å². The van der Waals surface area contributed by atoms with Crippen molar-refractivity contribution in [2.75, 3.05) is 0 Å². The molecule has 4 heteroatoms. The van der Waals surface area contributed by atoms with Gasteiger partial charge in [0.25, 0.3) is 0 Å². The lowest BCUT2D eigenvalue weighted by atomic mass is 10.0. The van der Waals surface area contributed by atoms with Crippen molar-refractivity contribution in [3.8, 4) is 0 Å². The van der Waals surface area contributed by atoms with Crippen molar-refractivity contribution in [2.24, 2.45) is 0 Å². The van der Waals surface area contributed by atoms with E-state index in [2.05, 4.69) is 23.3 Å². The summed E-state index contributed by atoms with van der Waals surface area (Å²) >= 11 is 1.90. The van der Waals surface area contributed by atoms with Crippen LogP contribution >= 0.6 is 11.3 Å². The first-order valence-corrected chi connectivity index (χ1v) is 8.28. The Labute approximate surface area is 123 Å². The average molecular weight is 285 g/mol. The molecule has 0 aliphatic heterocycles. The Balaban J connectivity index is 1.72. The Bertz CT molecular complexity index is 609. The van der Waals surface area contributed by atoms with Gasteiger partial charge in [0.1, 0.15) is 5.01 Å². The molecule has 0 amide bonds. The van der Waals surface area contributed by atoms with Crippen LogP contribution in [-0.2, 0) is 12.8 Å². The molecule has 1 unspecified atom stereocenters. The van der Waals surface area contributed by atoms with E-state index in [1.807, 2.05) is 23.7 Å². The standard InChI is InChI=1S/C16H19N3S/c1-10-7-8-17-9-12(10)15(18-11-5-6-11)16-19-13-3-2-4-14(13)20-16/h7-9,11,15,18H,2-6H2,1H3. The summed E-state index contributed by atoms with van der Waals surface area (Å²) in [4.78, 5) is 10.7. The van der Waals surface area contributed by atoms with Crippen molar-refractivity contribution in [1.29, 1.82) is 0 Å². The van der Waals surface area contributed by atoms with Crippen LogP contribution in [0.5, 0.6) is 0 Å². The predicted octanol–water partition coefficient (Wildman–Crippen LogP) is 3.18. The van der Waals surface area contributed by atoms with Crippen LogP contribution in [0.15, 0.2) is 18.5 Å². The number of nitrogens with zero attached hydrogens (tertiary/aromatic N) is 2. The molecule has 0 saturated heterocycles. The Morgan fingerprint density at radius 3 is 3.00 bits per heavy atom. The van der Waals surface area contributed by atoms with E-state index < -0.39 is 0 Å². The third-order valence-corrected chi connectivity index (χ3v) is 5.45. The van der Waals surface area contributed by atoms with E-state index in [4.69, 9.17) is 4.98 Å². The molecule has 0 radical (unpaired) electrons. The fourth-order valence-electron chi connectivity index (χ4n) is 2.89. The van der Waals surface area contributed by atoms with Crippen LogP contribution in [-0.4, -0.2) is 16.0 Å². The molecular weight excluding hydrogens is 266 g/mol. The molecule has 2 aliphatic rings. The van der Waals surface area contributed by atoms with E-state index in [-0.39, 0.29) is 6.04 Å². The number of fused-ring (bicyclic) bond motifs is 1. The van der Waals surface area contributed by atoms with Crippen molar-refractivity contribution >= 4 is 11.3 Å². The fourth-order valence-corrected chi connectivity index (χ4v) is 4.13. The molecule has 1 saturated carbocycles. The van der Waals surface area contributed by atoms with Gasteiger partial charge < -0.3 is 5.32 Å². The van der Waals surface area contributed by atoms with E-state index in [9.17, 15) is 0 Å². The summed E-state index contributed by atoms with van der Waals surface area (Å²) in [5.41, 5.74) is 3.93. The van der Waals surface area contributed by atoms with Gasteiger partial charge in [0.15, 0.2) is 0 Å². The summed E-state index contributed by atoms with van der Waals surface area (Å²) in [6.07, 6.45) is 10.1. The van der Waals surface area contributed by atoms with Crippen molar-refractivity contribution in [3.63, 3.8) is 0 Å². The summed E-state index contributed by atoms with van der Waals surface area (Å²) in [5, 5.41) is 4.99. The van der Waals surface area contributed by atoms with Crippen molar-refractivity contribution in [2.45, 2.75) is 51.1 Å². The highest BCUT2D eigenvalue weighted by Crippen LogP contribution is 2.35. The Morgan fingerprint density at radius 1 is 1.35 bits per heavy atom. The van der Waals surface area contributed by atoms with Crippen molar-refractivity contribution in [3.05, 3.63) is 45.2 Å². The molecule has 2 aromatic rings. The molecule has 1 N–H and O–H groups in total. The first-order chi connectivity index (χ1) is 9.81. The number of hydrogen-bond donors (Lipinski definition) is 1. The molecular formula is C16H19N3S. The number of aryl methyl sites for hydroxylation is 3. The molecule has 1 atom stereocenters. The number of rotatable bonds is 4. The van der Waals surface area contributed by atoms with E-state index in [0.717, 1.165) is 6.42 Å². The van der Waals surface area contributed by atoms with Crippen LogP contribution in [0.4, 0.5) is 0 Å². The zero-order chi connectivity index (χ0) is 13.5. The predicted molar refractivity (Wildman–Crippen MR) is 81.1 cm³/mol. The van der Waals surface area contributed by atoms with Crippen LogP contribution in [0.1, 0.15) is 52.0 Å². The Kier molecular flexibility index (Phi) is 3.08. The minimum Gasteiger partial charge on any atom is -0.301 e. The highest BCUT2D eigenvalue weighted by molar-refractivity contribution is 7.11. The summed E-state index contributed by atoms with van der Waals surface area (Å²) in [6, 6.07) is 2.99. The molecule has 0 aromatic carbocycles. The van der Waals surface area contributed by atoms with E-state index in [1.165, 1.54) is 52.4 Å². The molecule has 3 nitrogen and oxygen atoms in total. The summed E-state index contributed by atoms with van der Waals surface area (Å²) in [5.74, 6) is 0. The minimum absolute atomic E-state index is 0.229. The molecule has 0 bridgehead atoms. The fraction of sp³-hybridized carbons (Fsp3) is 0.500. The molecule has 4 rings (SSSR count). The monoisotopic (exact) mass is 285 g/mol. The average Bonchev–Trinajstić information content (AvgIpc) is 3.01. The number of thiazole rings is 1. The van der Waals surface area contributed by atoms with Crippen LogP contribution in [0.2, 0.25) is 0 Å². The Morgan fingerprint density at radius 2 is 2.25 bits per heavy atom. The first kappa shape index (κ1) is 12.5. The third kappa shape index (κ3) is 2.27. The van der Waals surface area contributed by atoms with Gasteiger partial charge in [-0.15, -0.1) is 11.3 Å². The van der Waals surface area contributed by atoms with Crippen LogP contribution in [0.25, 0.3) is 0 Å². The van der Waals surface area contributed by atoms with E-state index in [0.29, 0.717) is 6.04 Å². The topological polar surface area (TPSA) is 37.8 Å². The second-order valence-corrected chi connectivity index (χ2v) is 7.00. The van der Waals surface area contributed by atoms with Gasteiger partial charge >= 0.3 is 0 Å². The van der Waals surface area contributed by atoms with Crippen LogP contribution in [0, 0.1) is 6.92 Å². The maximum atomic E-state index is 4.92. The highest BCUT2D eigenvalue weighted by atomic mass is 32.1. The molecule has 1 fully saturated rings.